The molecule has 2 amide bonds. The second-order valence-electron chi connectivity index (χ2n) is 5.37. The number of phenolic OH excluding ortho intramolecular Hbond substituents is 1. The molecule has 1 saturated heterocycles. The minimum Gasteiger partial charge on any atom is -0.507 e. The van der Waals surface area contributed by atoms with Crippen LogP contribution in [0, 0.1) is 5.92 Å². The van der Waals surface area contributed by atoms with Crippen LogP contribution in [0.15, 0.2) is 48.2 Å². The molecule has 0 spiro atoms. The van der Waals surface area contributed by atoms with Crippen LogP contribution in [0.2, 0.25) is 0 Å². The maximum absolute atomic E-state index is 11.8. The van der Waals surface area contributed by atoms with Crippen LogP contribution < -0.4 is 16.3 Å². The van der Waals surface area contributed by atoms with Crippen LogP contribution in [-0.2, 0) is 16.0 Å². The number of aromatic hydroxyl groups is 1. The summed E-state index contributed by atoms with van der Waals surface area (Å²) in [6.45, 7) is 7.34. The summed E-state index contributed by atoms with van der Waals surface area (Å²) in [6, 6.07) is 5.27. The third-order valence-corrected chi connectivity index (χ3v) is 3.65. The van der Waals surface area contributed by atoms with Gasteiger partial charge in [-0.25, -0.2) is 5.43 Å². The van der Waals surface area contributed by atoms with E-state index < -0.39 is 5.92 Å². The van der Waals surface area contributed by atoms with E-state index >= 15 is 0 Å². The van der Waals surface area contributed by atoms with E-state index in [1.165, 1.54) is 6.21 Å². The predicted octanol–water partition coefficient (Wildman–Crippen LogP) is 1.12. The Morgan fingerprint density at radius 3 is 2.88 bits per heavy atom. The first-order valence-corrected chi connectivity index (χ1v) is 7.51. The Hall–Kier alpha value is -3.09. The number of nitrogens with zero attached hydrogens (tertiary/aromatic N) is 1. The van der Waals surface area contributed by atoms with Crippen LogP contribution in [0.5, 0.6) is 5.75 Å². The molecule has 1 aliphatic rings. The predicted molar refractivity (Wildman–Crippen MR) is 90.9 cm³/mol. The lowest BCUT2D eigenvalue weighted by Gasteiger charge is -2.06. The Morgan fingerprint density at radius 2 is 2.21 bits per heavy atom. The number of hydrazone groups is 1. The molecule has 0 bridgehead atoms. The number of hydrogen-bond acceptors (Lipinski definition) is 5. The Bertz CT molecular complexity index is 681. The molecule has 1 aromatic rings. The highest BCUT2D eigenvalue weighted by Gasteiger charge is 2.27. The molecule has 1 fully saturated rings. The summed E-state index contributed by atoms with van der Waals surface area (Å²) in [5, 5.41) is 13.9. The Balaban J connectivity index is 1.86. The maximum atomic E-state index is 11.8. The molecular formula is C17H20N4O3. The number of rotatable bonds is 7. The number of phenols is 1. The molecule has 0 aliphatic carbocycles. The molecule has 0 radical (unpaired) electrons. The summed E-state index contributed by atoms with van der Waals surface area (Å²) in [4.78, 5) is 23.3. The average Bonchev–Trinajstić information content (AvgIpc) is 2.87. The molecule has 1 atom stereocenters. The molecule has 4 N–H and O–H groups in total. The van der Waals surface area contributed by atoms with E-state index in [1.807, 2.05) is 0 Å². The summed E-state index contributed by atoms with van der Waals surface area (Å²) < 4.78 is 0. The van der Waals surface area contributed by atoms with Crippen molar-refractivity contribution in [3.05, 3.63) is 54.3 Å². The average molecular weight is 328 g/mol. The number of para-hydroxylation sites is 1. The standard InChI is InChI=1S/C17H20N4O3/c1-3-5-12-6-4-7-13(16(12)23)10-18-20-15(22)9-8-14-11(2)19-21-17(14)24/h3-4,6-7,10,14,19,23H,1-2,5,8-9H2,(H,20,22)(H,21,24). The van der Waals surface area contributed by atoms with Crippen molar-refractivity contribution in [1.29, 1.82) is 0 Å². The minimum absolute atomic E-state index is 0.111. The van der Waals surface area contributed by atoms with Gasteiger partial charge in [0.25, 0.3) is 0 Å². The number of nitrogens with one attached hydrogen (secondary N) is 3. The summed E-state index contributed by atoms with van der Waals surface area (Å²) >= 11 is 0. The number of hydrogen-bond donors (Lipinski definition) is 4. The largest absolute Gasteiger partial charge is 0.507 e. The fourth-order valence-corrected chi connectivity index (χ4v) is 2.32. The van der Waals surface area contributed by atoms with E-state index in [4.69, 9.17) is 0 Å². The second-order valence-corrected chi connectivity index (χ2v) is 5.37. The van der Waals surface area contributed by atoms with Crippen molar-refractivity contribution in [3.63, 3.8) is 0 Å². The highest BCUT2D eigenvalue weighted by atomic mass is 16.3. The summed E-state index contributed by atoms with van der Waals surface area (Å²) in [6.07, 6.45) is 4.10. The lowest BCUT2D eigenvalue weighted by atomic mass is 10.0. The lowest BCUT2D eigenvalue weighted by molar-refractivity contribution is -0.123. The van der Waals surface area contributed by atoms with Gasteiger partial charge < -0.3 is 10.5 Å². The SMILES string of the molecule is C=CCc1cccc(C=NNC(=O)CCC2C(=C)NNC2=O)c1O. The number of carbonyl (C=O) groups excluding carboxylic acids is 2. The fourth-order valence-electron chi connectivity index (χ4n) is 2.32. The molecule has 24 heavy (non-hydrogen) atoms. The monoisotopic (exact) mass is 328 g/mol. The Morgan fingerprint density at radius 1 is 1.42 bits per heavy atom. The summed E-state index contributed by atoms with van der Waals surface area (Å²) in [7, 11) is 0. The van der Waals surface area contributed by atoms with Crippen molar-refractivity contribution in [1.82, 2.24) is 16.3 Å². The number of carbonyl (C=O) groups is 2. The smallest absolute Gasteiger partial charge is 0.247 e. The van der Waals surface area contributed by atoms with E-state index in [0.29, 0.717) is 24.1 Å². The van der Waals surface area contributed by atoms with Crippen molar-refractivity contribution in [2.24, 2.45) is 11.0 Å². The van der Waals surface area contributed by atoms with E-state index in [1.54, 1.807) is 24.3 Å². The lowest BCUT2D eigenvalue weighted by Crippen LogP contribution is -2.26. The van der Waals surface area contributed by atoms with Crippen molar-refractivity contribution in [3.8, 4) is 5.75 Å². The topological polar surface area (TPSA) is 103 Å². The molecule has 7 heteroatoms. The van der Waals surface area contributed by atoms with E-state index in [0.717, 1.165) is 5.56 Å². The van der Waals surface area contributed by atoms with Crippen LogP contribution in [0.1, 0.15) is 24.0 Å². The normalized spacial score (nSPS) is 16.8. The van der Waals surface area contributed by atoms with Gasteiger partial charge in [-0.1, -0.05) is 24.8 Å². The van der Waals surface area contributed by atoms with Crippen molar-refractivity contribution in [2.45, 2.75) is 19.3 Å². The number of hydrazine groups is 1. The van der Waals surface area contributed by atoms with Gasteiger partial charge in [0.1, 0.15) is 5.75 Å². The number of allylic oxidation sites excluding steroid dienone is 1. The first-order valence-electron chi connectivity index (χ1n) is 7.51. The molecule has 1 aliphatic heterocycles. The van der Waals surface area contributed by atoms with Crippen LogP contribution in [0.25, 0.3) is 0 Å². The first kappa shape index (κ1) is 17.3. The molecule has 0 aromatic heterocycles. The maximum Gasteiger partial charge on any atom is 0.247 e. The molecule has 7 nitrogen and oxygen atoms in total. The van der Waals surface area contributed by atoms with Gasteiger partial charge in [0.15, 0.2) is 0 Å². The summed E-state index contributed by atoms with van der Waals surface area (Å²) in [5.41, 5.74) is 9.26. The van der Waals surface area contributed by atoms with Crippen LogP contribution in [0.3, 0.4) is 0 Å². The Kier molecular flexibility index (Phi) is 5.73. The van der Waals surface area contributed by atoms with E-state index in [2.05, 4.69) is 34.5 Å². The highest BCUT2D eigenvalue weighted by Crippen LogP contribution is 2.21. The zero-order chi connectivity index (χ0) is 17.5. The van der Waals surface area contributed by atoms with Gasteiger partial charge in [-0.15, -0.1) is 6.58 Å². The third kappa shape index (κ3) is 4.22. The van der Waals surface area contributed by atoms with E-state index in [9.17, 15) is 14.7 Å². The van der Waals surface area contributed by atoms with Crippen molar-refractivity contribution >= 4 is 18.0 Å². The van der Waals surface area contributed by atoms with Crippen molar-refractivity contribution < 1.29 is 14.7 Å². The first-order chi connectivity index (χ1) is 11.5. The van der Waals surface area contributed by atoms with Gasteiger partial charge in [-0.2, -0.15) is 5.10 Å². The zero-order valence-electron chi connectivity index (χ0n) is 13.2. The van der Waals surface area contributed by atoms with Gasteiger partial charge in [-0.05, 0) is 24.5 Å². The van der Waals surface area contributed by atoms with E-state index in [-0.39, 0.29) is 24.0 Å². The Labute approximate surface area is 140 Å². The molecule has 1 unspecified atom stereocenters. The molecule has 2 rings (SSSR count). The quantitative estimate of drug-likeness (QED) is 0.342. The van der Waals surface area contributed by atoms with Gasteiger partial charge in [0, 0.05) is 17.7 Å². The number of amides is 2. The minimum atomic E-state index is -0.417. The number of benzene rings is 1. The van der Waals surface area contributed by atoms with Crippen LogP contribution >= 0.6 is 0 Å². The second kappa shape index (κ2) is 7.96. The van der Waals surface area contributed by atoms with Gasteiger partial charge in [0.2, 0.25) is 11.8 Å². The van der Waals surface area contributed by atoms with Gasteiger partial charge >= 0.3 is 0 Å². The molecule has 1 heterocycles. The van der Waals surface area contributed by atoms with Gasteiger partial charge in [0.05, 0.1) is 12.1 Å². The van der Waals surface area contributed by atoms with Crippen molar-refractivity contribution in [2.75, 3.05) is 0 Å². The summed E-state index contributed by atoms with van der Waals surface area (Å²) in [5.74, 6) is -0.819. The molecule has 1 aromatic carbocycles. The van der Waals surface area contributed by atoms with Crippen LogP contribution in [-0.4, -0.2) is 23.1 Å². The molecular weight excluding hydrogens is 308 g/mol. The van der Waals surface area contributed by atoms with Gasteiger partial charge in [-0.3, -0.25) is 15.0 Å². The molecule has 126 valence electrons. The highest BCUT2D eigenvalue weighted by molar-refractivity contribution is 5.86. The third-order valence-electron chi connectivity index (χ3n) is 3.65. The molecule has 0 saturated carbocycles. The van der Waals surface area contributed by atoms with Crippen LogP contribution in [0.4, 0.5) is 0 Å². The zero-order valence-corrected chi connectivity index (χ0v) is 13.2. The fraction of sp³-hybridized carbons (Fsp3) is 0.235.